The van der Waals surface area contributed by atoms with Gasteiger partial charge in [0.05, 0.1) is 35.5 Å². The maximum Gasteiger partial charge on any atom is 0.389 e. The molecule has 2 heterocycles. The fourth-order valence-corrected chi connectivity index (χ4v) is 2.00. The Morgan fingerprint density at radius 2 is 2.23 bits per heavy atom. The number of rotatable bonds is 7. The Kier molecular flexibility index (Phi) is 5.10. The Balaban J connectivity index is 1.80. The molecule has 0 radical (unpaired) electrons. The molecular weight excluding hydrogens is 312 g/mol. The van der Waals surface area contributed by atoms with Crippen LogP contribution in [0.4, 0.5) is 5.82 Å². The van der Waals surface area contributed by atoms with Crippen molar-refractivity contribution in [1.29, 1.82) is 0 Å². The molecule has 1 amide bonds. The highest BCUT2D eigenvalue weighted by molar-refractivity contribution is 6.31. The van der Waals surface area contributed by atoms with E-state index in [9.17, 15) is 14.9 Å². The van der Waals surface area contributed by atoms with E-state index in [1.165, 1.54) is 16.9 Å². The third-order valence-electron chi connectivity index (χ3n) is 2.95. The number of hydrogen-bond donors (Lipinski definition) is 1. The van der Waals surface area contributed by atoms with Crippen LogP contribution in [0.25, 0.3) is 0 Å². The summed E-state index contributed by atoms with van der Waals surface area (Å²) in [5, 5.41) is 21.7. The number of hydrogen-bond acceptors (Lipinski definition) is 5. The van der Waals surface area contributed by atoms with Crippen molar-refractivity contribution in [3.63, 3.8) is 0 Å². The van der Waals surface area contributed by atoms with Gasteiger partial charge in [-0.1, -0.05) is 11.6 Å². The molecule has 0 spiro atoms. The molecule has 0 aromatic carbocycles. The van der Waals surface area contributed by atoms with Crippen molar-refractivity contribution in [3.05, 3.63) is 39.3 Å². The predicted octanol–water partition coefficient (Wildman–Crippen LogP) is 1.37. The summed E-state index contributed by atoms with van der Waals surface area (Å²) >= 11 is 6.00. The van der Waals surface area contributed by atoms with Gasteiger partial charge in [-0.25, -0.2) is 0 Å². The zero-order chi connectivity index (χ0) is 16.1. The zero-order valence-electron chi connectivity index (χ0n) is 11.9. The van der Waals surface area contributed by atoms with Crippen LogP contribution in [0.3, 0.4) is 0 Å². The third-order valence-corrected chi connectivity index (χ3v) is 3.26. The van der Waals surface area contributed by atoms with E-state index in [1.807, 2.05) is 6.92 Å². The molecule has 0 fully saturated rings. The molecule has 2 aromatic rings. The number of nitro groups is 1. The molecule has 2 rings (SSSR count). The monoisotopic (exact) mass is 326 g/mol. The highest BCUT2D eigenvalue weighted by Crippen LogP contribution is 2.13. The molecule has 0 atom stereocenters. The maximum absolute atomic E-state index is 11.8. The summed E-state index contributed by atoms with van der Waals surface area (Å²) in [6.45, 7) is 3.14. The van der Waals surface area contributed by atoms with E-state index in [-0.39, 0.29) is 31.2 Å². The Morgan fingerprint density at radius 3 is 2.82 bits per heavy atom. The first kappa shape index (κ1) is 16.0. The van der Waals surface area contributed by atoms with Gasteiger partial charge in [0.15, 0.2) is 0 Å². The average molecular weight is 327 g/mol. The van der Waals surface area contributed by atoms with Crippen LogP contribution in [0.15, 0.2) is 18.5 Å². The number of aryl methyl sites for hydroxylation is 2. The molecule has 9 nitrogen and oxygen atoms in total. The molecule has 0 aliphatic heterocycles. The summed E-state index contributed by atoms with van der Waals surface area (Å²) in [6.07, 6.45) is 3.32. The van der Waals surface area contributed by atoms with Gasteiger partial charge in [-0.2, -0.15) is 9.78 Å². The molecule has 0 aliphatic rings. The highest BCUT2D eigenvalue weighted by Gasteiger charge is 2.12. The van der Waals surface area contributed by atoms with Crippen molar-refractivity contribution < 1.29 is 9.72 Å². The molecular formula is C12H15ClN6O3. The molecule has 0 bridgehead atoms. The summed E-state index contributed by atoms with van der Waals surface area (Å²) < 4.78 is 3.04. The van der Waals surface area contributed by atoms with Crippen molar-refractivity contribution in [2.24, 2.45) is 0 Å². The fraction of sp³-hybridized carbons (Fsp3) is 0.417. The van der Waals surface area contributed by atoms with Gasteiger partial charge >= 0.3 is 5.82 Å². The topological polar surface area (TPSA) is 108 Å². The Hall–Kier alpha value is -2.42. The molecule has 0 saturated heterocycles. The van der Waals surface area contributed by atoms with E-state index in [0.29, 0.717) is 17.3 Å². The smallest absolute Gasteiger partial charge is 0.358 e. The SMILES string of the molecule is CCn1cc(Cl)c(CNC(=O)CCn2ccc([N+](=O)[O-])n2)n1. The molecule has 0 aliphatic carbocycles. The van der Waals surface area contributed by atoms with E-state index in [0.717, 1.165) is 0 Å². The fourth-order valence-electron chi connectivity index (χ4n) is 1.78. The summed E-state index contributed by atoms with van der Waals surface area (Å²) in [4.78, 5) is 21.7. The standard InChI is InChI=1S/C12H15ClN6O3/c1-2-17-8-9(13)10(15-17)7-14-12(20)4-6-18-5-3-11(16-18)19(21)22/h3,5,8H,2,4,6-7H2,1H3,(H,14,20). The van der Waals surface area contributed by atoms with Gasteiger partial charge in [0.25, 0.3) is 0 Å². The lowest BCUT2D eigenvalue weighted by Gasteiger charge is -2.02. The summed E-state index contributed by atoms with van der Waals surface area (Å²) in [5.74, 6) is -0.447. The van der Waals surface area contributed by atoms with Crippen molar-refractivity contribution in [1.82, 2.24) is 24.9 Å². The predicted molar refractivity (Wildman–Crippen MR) is 78.3 cm³/mol. The van der Waals surface area contributed by atoms with E-state index in [4.69, 9.17) is 11.6 Å². The summed E-state index contributed by atoms with van der Waals surface area (Å²) in [7, 11) is 0. The van der Waals surface area contributed by atoms with E-state index < -0.39 is 4.92 Å². The number of halogens is 1. The third kappa shape index (κ3) is 4.04. The number of amides is 1. The van der Waals surface area contributed by atoms with Crippen LogP contribution < -0.4 is 5.32 Å². The minimum Gasteiger partial charge on any atom is -0.358 e. The Labute approximate surface area is 131 Å². The molecule has 10 heteroatoms. The lowest BCUT2D eigenvalue weighted by Crippen LogP contribution is -2.24. The van der Waals surface area contributed by atoms with Crippen molar-refractivity contribution >= 4 is 23.3 Å². The first-order valence-corrected chi connectivity index (χ1v) is 7.03. The average Bonchev–Trinajstić information content (AvgIpc) is 3.09. The second kappa shape index (κ2) is 7.03. The van der Waals surface area contributed by atoms with Crippen LogP contribution in [0.5, 0.6) is 0 Å². The highest BCUT2D eigenvalue weighted by atomic mass is 35.5. The van der Waals surface area contributed by atoms with Crippen LogP contribution in [-0.4, -0.2) is 30.4 Å². The van der Waals surface area contributed by atoms with Crippen LogP contribution >= 0.6 is 11.6 Å². The van der Waals surface area contributed by atoms with Gasteiger partial charge in [-0.3, -0.25) is 9.48 Å². The summed E-state index contributed by atoms with van der Waals surface area (Å²) in [5.41, 5.74) is 0.603. The molecule has 2 aromatic heterocycles. The lowest BCUT2D eigenvalue weighted by molar-refractivity contribution is -0.389. The maximum atomic E-state index is 11.8. The number of aromatic nitrogens is 4. The van der Waals surface area contributed by atoms with Crippen molar-refractivity contribution in [2.75, 3.05) is 0 Å². The number of carbonyl (C=O) groups excluding carboxylic acids is 1. The van der Waals surface area contributed by atoms with Crippen LogP contribution in [0.1, 0.15) is 19.0 Å². The van der Waals surface area contributed by atoms with Crippen LogP contribution in [0, 0.1) is 10.1 Å². The molecule has 0 saturated carbocycles. The summed E-state index contributed by atoms with van der Waals surface area (Å²) in [6, 6.07) is 1.29. The number of nitrogens with one attached hydrogen (secondary N) is 1. The van der Waals surface area contributed by atoms with Crippen molar-refractivity contribution in [3.8, 4) is 0 Å². The Bertz CT molecular complexity index is 680. The number of carbonyl (C=O) groups is 1. The first-order valence-electron chi connectivity index (χ1n) is 6.66. The molecule has 1 N–H and O–H groups in total. The van der Waals surface area contributed by atoms with Gasteiger partial charge in [0, 0.05) is 19.2 Å². The minimum absolute atomic E-state index is 0.158. The lowest BCUT2D eigenvalue weighted by atomic mass is 10.3. The normalized spacial score (nSPS) is 10.6. The van der Waals surface area contributed by atoms with Gasteiger partial charge < -0.3 is 15.4 Å². The second-order valence-corrected chi connectivity index (χ2v) is 4.91. The van der Waals surface area contributed by atoms with Gasteiger partial charge in [-0.15, -0.1) is 0 Å². The quantitative estimate of drug-likeness (QED) is 0.610. The zero-order valence-corrected chi connectivity index (χ0v) is 12.7. The van der Waals surface area contributed by atoms with Crippen LogP contribution in [0.2, 0.25) is 5.02 Å². The molecule has 118 valence electrons. The largest absolute Gasteiger partial charge is 0.389 e. The van der Waals surface area contributed by atoms with Gasteiger partial charge in [0.2, 0.25) is 5.91 Å². The van der Waals surface area contributed by atoms with E-state index >= 15 is 0 Å². The molecule has 0 unspecified atom stereocenters. The van der Waals surface area contributed by atoms with E-state index in [2.05, 4.69) is 15.5 Å². The minimum atomic E-state index is -0.581. The van der Waals surface area contributed by atoms with Crippen molar-refractivity contribution in [2.45, 2.75) is 33.0 Å². The van der Waals surface area contributed by atoms with Crippen LogP contribution in [-0.2, 0) is 24.4 Å². The second-order valence-electron chi connectivity index (χ2n) is 4.50. The van der Waals surface area contributed by atoms with Gasteiger partial charge in [-0.05, 0) is 11.8 Å². The number of nitrogens with zero attached hydrogens (tertiary/aromatic N) is 5. The first-order chi connectivity index (χ1) is 10.5. The Morgan fingerprint density at radius 1 is 1.45 bits per heavy atom. The van der Waals surface area contributed by atoms with E-state index in [1.54, 1.807) is 10.9 Å². The molecule has 22 heavy (non-hydrogen) atoms. The van der Waals surface area contributed by atoms with Gasteiger partial charge in [0.1, 0.15) is 5.69 Å².